The first kappa shape index (κ1) is 11.7. The van der Waals surface area contributed by atoms with Gasteiger partial charge in [0.25, 0.3) is 0 Å². The van der Waals surface area contributed by atoms with Gasteiger partial charge < -0.3 is 5.73 Å². The summed E-state index contributed by atoms with van der Waals surface area (Å²) in [5, 5.41) is 3.09. The number of primary amides is 1. The largest absolute Gasteiger partial charge is 0.368 e. The van der Waals surface area contributed by atoms with Crippen LogP contribution in [0.1, 0.15) is 25.0 Å². The summed E-state index contributed by atoms with van der Waals surface area (Å²) >= 11 is 0. The van der Waals surface area contributed by atoms with Crippen LogP contribution in [0.4, 0.5) is 0 Å². The Kier molecular flexibility index (Phi) is 3.42. The highest BCUT2D eigenvalue weighted by molar-refractivity contribution is 5.83. The lowest BCUT2D eigenvalue weighted by Crippen LogP contribution is -2.50. The number of hydrogen-bond acceptors (Lipinski definition) is 3. The maximum atomic E-state index is 11.1. The lowest BCUT2D eigenvalue weighted by molar-refractivity contribution is -0.123. The van der Waals surface area contributed by atoms with Crippen molar-refractivity contribution >= 4 is 5.91 Å². The molecule has 4 heteroatoms. The van der Waals surface area contributed by atoms with E-state index in [0.29, 0.717) is 6.54 Å². The number of nitrogens with zero attached hydrogens (tertiary/aromatic N) is 1. The number of pyridine rings is 1. The van der Waals surface area contributed by atoms with Crippen LogP contribution >= 0.6 is 0 Å². The van der Waals surface area contributed by atoms with Crippen molar-refractivity contribution < 1.29 is 4.79 Å². The minimum Gasteiger partial charge on any atom is -0.368 e. The highest BCUT2D eigenvalue weighted by atomic mass is 16.1. The zero-order chi connectivity index (χ0) is 11.5. The topological polar surface area (TPSA) is 68.0 Å². The minimum absolute atomic E-state index is 0.358. The van der Waals surface area contributed by atoms with Crippen molar-refractivity contribution in [2.24, 2.45) is 5.73 Å². The molecule has 0 aliphatic rings. The van der Waals surface area contributed by atoms with Crippen LogP contribution in [0.25, 0.3) is 0 Å². The van der Waals surface area contributed by atoms with E-state index < -0.39 is 5.54 Å². The molecule has 0 aliphatic carbocycles. The average Bonchev–Trinajstić information content (AvgIpc) is 2.15. The molecule has 0 atom stereocenters. The predicted molar refractivity (Wildman–Crippen MR) is 59.1 cm³/mol. The summed E-state index contributed by atoms with van der Waals surface area (Å²) in [6.45, 7) is 6.09. The molecule has 1 rings (SSSR count). The molecule has 0 fully saturated rings. The first-order chi connectivity index (χ1) is 6.92. The number of hydrogen-bond donors (Lipinski definition) is 2. The second-order valence-corrected chi connectivity index (χ2v) is 4.21. The molecular formula is C11H17N3O. The number of nitrogens with two attached hydrogens (primary N) is 1. The van der Waals surface area contributed by atoms with E-state index in [2.05, 4.69) is 10.3 Å². The van der Waals surface area contributed by atoms with E-state index in [0.717, 1.165) is 11.1 Å². The molecule has 0 spiro atoms. The second-order valence-electron chi connectivity index (χ2n) is 4.21. The molecule has 1 aromatic heterocycles. The fourth-order valence-corrected chi connectivity index (χ4v) is 1.12. The van der Waals surface area contributed by atoms with Gasteiger partial charge in [0.05, 0.1) is 5.54 Å². The van der Waals surface area contributed by atoms with Gasteiger partial charge in [0.1, 0.15) is 0 Å². The molecule has 1 aromatic rings. The lowest BCUT2D eigenvalue weighted by atomic mass is 10.0. The van der Waals surface area contributed by atoms with Crippen LogP contribution in [0.5, 0.6) is 0 Å². The van der Waals surface area contributed by atoms with E-state index in [1.54, 1.807) is 26.2 Å². The third-order valence-electron chi connectivity index (χ3n) is 2.28. The standard InChI is InChI=1S/C11H17N3O/c1-8-4-9(6-13-5-8)7-14-11(2,3)10(12)15/h4-6,14H,7H2,1-3H3,(H2,12,15). The summed E-state index contributed by atoms with van der Waals surface area (Å²) in [6, 6.07) is 2.02. The van der Waals surface area contributed by atoms with Crippen LogP contribution in [-0.2, 0) is 11.3 Å². The van der Waals surface area contributed by atoms with Crippen molar-refractivity contribution in [3.05, 3.63) is 29.6 Å². The highest BCUT2D eigenvalue weighted by Gasteiger charge is 2.23. The van der Waals surface area contributed by atoms with Crippen LogP contribution in [0.3, 0.4) is 0 Å². The van der Waals surface area contributed by atoms with Crippen molar-refractivity contribution in [3.8, 4) is 0 Å². The Labute approximate surface area is 89.9 Å². The normalized spacial score (nSPS) is 11.4. The molecule has 15 heavy (non-hydrogen) atoms. The number of aromatic nitrogens is 1. The van der Waals surface area contributed by atoms with Crippen LogP contribution in [0.2, 0.25) is 0 Å². The van der Waals surface area contributed by atoms with Gasteiger partial charge in [-0.15, -0.1) is 0 Å². The number of carbonyl (C=O) groups excluding carboxylic acids is 1. The summed E-state index contributed by atoms with van der Waals surface area (Å²) in [4.78, 5) is 15.1. The van der Waals surface area contributed by atoms with E-state index in [1.807, 2.05) is 13.0 Å². The molecule has 0 aliphatic heterocycles. The smallest absolute Gasteiger partial charge is 0.237 e. The zero-order valence-corrected chi connectivity index (χ0v) is 9.37. The summed E-state index contributed by atoms with van der Waals surface area (Å²) in [7, 11) is 0. The molecule has 3 N–H and O–H groups in total. The first-order valence-corrected chi connectivity index (χ1v) is 4.87. The average molecular weight is 207 g/mol. The Morgan fingerprint density at radius 2 is 2.20 bits per heavy atom. The Morgan fingerprint density at radius 1 is 1.53 bits per heavy atom. The molecule has 82 valence electrons. The van der Waals surface area contributed by atoms with E-state index in [9.17, 15) is 4.79 Å². The van der Waals surface area contributed by atoms with Gasteiger partial charge in [-0.05, 0) is 31.9 Å². The third kappa shape index (κ3) is 3.32. The summed E-state index contributed by atoms with van der Waals surface area (Å²) in [5.74, 6) is -0.358. The van der Waals surface area contributed by atoms with Gasteiger partial charge in [-0.2, -0.15) is 0 Å². The van der Waals surface area contributed by atoms with Gasteiger partial charge in [0.2, 0.25) is 5.91 Å². The lowest BCUT2D eigenvalue weighted by Gasteiger charge is -2.22. The van der Waals surface area contributed by atoms with Crippen LogP contribution in [0, 0.1) is 6.92 Å². The molecule has 4 nitrogen and oxygen atoms in total. The van der Waals surface area contributed by atoms with E-state index >= 15 is 0 Å². The Balaban J connectivity index is 2.61. The molecular weight excluding hydrogens is 190 g/mol. The Hall–Kier alpha value is -1.42. The van der Waals surface area contributed by atoms with Crippen molar-refractivity contribution in [3.63, 3.8) is 0 Å². The molecule has 0 unspecified atom stereocenters. The first-order valence-electron chi connectivity index (χ1n) is 4.87. The maximum Gasteiger partial charge on any atom is 0.237 e. The highest BCUT2D eigenvalue weighted by Crippen LogP contribution is 2.05. The number of carbonyl (C=O) groups is 1. The van der Waals surface area contributed by atoms with Gasteiger partial charge >= 0.3 is 0 Å². The molecule has 0 bridgehead atoms. The number of amides is 1. The third-order valence-corrected chi connectivity index (χ3v) is 2.28. The SMILES string of the molecule is Cc1cncc(CNC(C)(C)C(N)=O)c1. The second kappa shape index (κ2) is 4.40. The summed E-state index contributed by atoms with van der Waals surface area (Å²) < 4.78 is 0. The van der Waals surface area contributed by atoms with Crippen LogP contribution < -0.4 is 11.1 Å². The molecule has 1 heterocycles. The molecule has 0 saturated heterocycles. The summed E-state index contributed by atoms with van der Waals surface area (Å²) in [5.41, 5.74) is 6.71. The van der Waals surface area contributed by atoms with Gasteiger partial charge in [-0.3, -0.25) is 15.1 Å². The van der Waals surface area contributed by atoms with Crippen molar-refractivity contribution in [1.29, 1.82) is 0 Å². The fourth-order valence-electron chi connectivity index (χ4n) is 1.12. The zero-order valence-electron chi connectivity index (χ0n) is 9.37. The van der Waals surface area contributed by atoms with Gasteiger partial charge in [0, 0.05) is 18.9 Å². The number of rotatable bonds is 4. The van der Waals surface area contributed by atoms with E-state index in [-0.39, 0.29) is 5.91 Å². The number of nitrogens with one attached hydrogen (secondary N) is 1. The molecule has 0 aromatic carbocycles. The quantitative estimate of drug-likeness (QED) is 0.765. The monoisotopic (exact) mass is 207 g/mol. The van der Waals surface area contributed by atoms with Crippen molar-refractivity contribution in [2.45, 2.75) is 32.9 Å². The Bertz CT molecular complexity index is 361. The van der Waals surface area contributed by atoms with E-state index in [4.69, 9.17) is 5.73 Å². The van der Waals surface area contributed by atoms with Crippen molar-refractivity contribution in [1.82, 2.24) is 10.3 Å². The predicted octanol–water partition coefficient (Wildman–Crippen LogP) is 0.744. The maximum absolute atomic E-state index is 11.1. The van der Waals surface area contributed by atoms with Crippen LogP contribution in [0.15, 0.2) is 18.5 Å². The molecule has 0 saturated carbocycles. The number of aryl methyl sites for hydroxylation is 1. The molecule has 1 amide bonds. The van der Waals surface area contributed by atoms with Gasteiger partial charge in [-0.1, -0.05) is 6.07 Å². The van der Waals surface area contributed by atoms with Gasteiger partial charge in [0.15, 0.2) is 0 Å². The van der Waals surface area contributed by atoms with Crippen LogP contribution in [-0.4, -0.2) is 16.4 Å². The Morgan fingerprint density at radius 3 is 2.73 bits per heavy atom. The van der Waals surface area contributed by atoms with E-state index in [1.165, 1.54) is 0 Å². The summed E-state index contributed by atoms with van der Waals surface area (Å²) in [6.07, 6.45) is 3.57. The fraction of sp³-hybridized carbons (Fsp3) is 0.455. The minimum atomic E-state index is -0.691. The van der Waals surface area contributed by atoms with Crippen molar-refractivity contribution in [2.75, 3.05) is 0 Å². The van der Waals surface area contributed by atoms with Gasteiger partial charge in [-0.25, -0.2) is 0 Å². The molecule has 0 radical (unpaired) electrons.